The molecule has 102 valence electrons. The molecule has 1 unspecified atom stereocenters. The number of carbonyl (C=O) groups excluding carboxylic acids is 2. The predicted octanol–water partition coefficient (Wildman–Crippen LogP) is 3.39. The number of Topliss-reactive ketones (excluding diaryl/α,β-unsaturated/α-hetero) is 1. The zero-order chi connectivity index (χ0) is 12.8. The summed E-state index contributed by atoms with van der Waals surface area (Å²) in [6.45, 7) is 0. The van der Waals surface area contributed by atoms with Crippen LogP contribution in [0.4, 0.5) is 0 Å². The van der Waals surface area contributed by atoms with Crippen LogP contribution >= 0.6 is 0 Å². The van der Waals surface area contributed by atoms with E-state index in [1.807, 2.05) is 0 Å². The number of carbonyl (C=O) groups is 2. The summed E-state index contributed by atoms with van der Waals surface area (Å²) in [5, 5.41) is 0.528. The zero-order valence-electron chi connectivity index (χ0n) is 11.3. The SMILES string of the molecule is O=C1CCCCC[S+](C2CCCCCCC2)C1=O. The normalized spacial score (nSPS) is 29.2. The van der Waals surface area contributed by atoms with E-state index in [1.165, 1.54) is 44.9 Å². The minimum atomic E-state index is -0.242. The van der Waals surface area contributed by atoms with Gasteiger partial charge in [-0.3, -0.25) is 4.79 Å². The van der Waals surface area contributed by atoms with E-state index < -0.39 is 0 Å². The first-order valence-corrected chi connectivity index (χ1v) is 9.01. The molecule has 0 N–H and O–H groups in total. The molecule has 0 aromatic rings. The van der Waals surface area contributed by atoms with Gasteiger partial charge in [-0.05, 0) is 44.9 Å². The molecule has 1 saturated heterocycles. The molecular weight excluding hydrogens is 244 g/mol. The Morgan fingerprint density at radius 2 is 1.39 bits per heavy atom. The monoisotopic (exact) mass is 269 g/mol. The summed E-state index contributed by atoms with van der Waals surface area (Å²) < 4.78 is 0. The molecule has 2 rings (SSSR count). The Morgan fingerprint density at radius 3 is 2.11 bits per heavy atom. The average molecular weight is 269 g/mol. The molecule has 0 aromatic carbocycles. The number of rotatable bonds is 1. The highest BCUT2D eigenvalue weighted by Crippen LogP contribution is 2.27. The van der Waals surface area contributed by atoms with E-state index in [0.29, 0.717) is 11.7 Å². The van der Waals surface area contributed by atoms with E-state index >= 15 is 0 Å². The fourth-order valence-electron chi connectivity index (χ4n) is 3.08. The molecule has 1 heterocycles. The lowest BCUT2D eigenvalue weighted by atomic mass is 10.0. The van der Waals surface area contributed by atoms with Crippen molar-refractivity contribution < 1.29 is 9.59 Å². The third-order valence-corrected chi connectivity index (χ3v) is 6.90. The van der Waals surface area contributed by atoms with Crippen LogP contribution in [0.5, 0.6) is 0 Å². The minimum Gasteiger partial charge on any atom is -0.285 e. The van der Waals surface area contributed by atoms with Crippen LogP contribution in [0.1, 0.15) is 70.6 Å². The smallest absolute Gasteiger partial charge is 0.285 e. The Hall–Kier alpha value is -0.310. The standard InChI is InChI=1S/C15H25O2S/c16-14-11-7-4-8-12-18(15(14)17)13-9-5-2-1-3-6-10-13/h13H,1-12H2/q+1. The van der Waals surface area contributed by atoms with Crippen LogP contribution in [-0.4, -0.2) is 21.9 Å². The average Bonchev–Trinajstić information content (AvgIpc) is 2.32. The van der Waals surface area contributed by atoms with E-state index in [9.17, 15) is 9.59 Å². The summed E-state index contributed by atoms with van der Waals surface area (Å²) in [7, 11) is -0.242. The number of hydrogen-bond acceptors (Lipinski definition) is 2. The largest absolute Gasteiger partial charge is 0.397 e. The molecule has 1 saturated carbocycles. The molecule has 0 radical (unpaired) electrons. The van der Waals surface area contributed by atoms with E-state index in [2.05, 4.69) is 0 Å². The topological polar surface area (TPSA) is 34.1 Å². The number of hydrogen-bond donors (Lipinski definition) is 0. The fraction of sp³-hybridized carbons (Fsp3) is 0.867. The second-order valence-corrected chi connectivity index (χ2v) is 7.92. The molecule has 2 aliphatic rings. The third-order valence-electron chi connectivity index (χ3n) is 4.19. The van der Waals surface area contributed by atoms with E-state index in [-0.39, 0.29) is 21.8 Å². The van der Waals surface area contributed by atoms with E-state index in [0.717, 1.165) is 25.0 Å². The van der Waals surface area contributed by atoms with Crippen LogP contribution in [0.2, 0.25) is 0 Å². The Balaban J connectivity index is 2.01. The van der Waals surface area contributed by atoms with Gasteiger partial charge in [0, 0.05) is 6.42 Å². The lowest BCUT2D eigenvalue weighted by molar-refractivity contribution is -0.132. The van der Waals surface area contributed by atoms with Crippen molar-refractivity contribution in [2.45, 2.75) is 75.9 Å². The van der Waals surface area contributed by atoms with Crippen LogP contribution in [0.25, 0.3) is 0 Å². The van der Waals surface area contributed by atoms with Crippen molar-refractivity contribution in [1.29, 1.82) is 0 Å². The van der Waals surface area contributed by atoms with Crippen LogP contribution in [0.15, 0.2) is 0 Å². The summed E-state index contributed by atoms with van der Waals surface area (Å²) in [6.07, 6.45) is 12.6. The van der Waals surface area contributed by atoms with Gasteiger partial charge in [-0.2, -0.15) is 0 Å². The maximum Gasteiger partial charge on any atom is 0.397 e. The molecule has 0 spiro atoms. The highest BCUT2D eigenvalue weighted by molar-refractivity contribution is 8.13. The maximum atomic E-state index is 12.3. The van der Waals surface area contributed by atoms with Gasteiger partial charge in [0.1, 0.15) is 11.0 Å². The van der Waals surface area contributed by atoms with Gasteiger partial charge in [0.05, 0.1) is 10.9 Å². The summed E-state index contributed by atoms with van der Waals surface area (Å²) in [6, 6.07) is 0. The molecule has 2 nitrogen and oxygen atoms in total. The van der Waals surface area contributed by atoms with Crippen molar-refractivity contribution in [3.63, 3.8) is 0 Å². The van der Waals surface area contributed by atoms with Gasteiger partial charge in [-0.1, -0.05) is 19.3 Å². The van der Waals surface area contributed by atoms with Crippen molar-refractivity contribution in [3.8, 4) is 0 Å². The number of ketones is 1. The Bertz CT molecular complexity index is 293. The van der Waals surface area contributed by atoms with Gasteiger partial charge in [0.15, 0.2) is 0 Å². The molecular formula is C15H25O2S+. The summed E-state index contributed by atoms with van der Waals surface area (Å²) in [5.74, 6) is 0.926. The molecule has 1 aliphatic carbocycles. The van der Waals surface area contributed by atoms with Gasteiger partial charge < -0.3 is 0 Å². The maximum absolute atomic E-state index is 12.3. The quantitative estimate of drug-likeness (QED) is 0.540. The fourth-order valence-corrected chi connectivity index (χ4v) is 5.72. The van der Waals surface area contributed by atoms with Crippen molar-refractivity contribution in [3.05, 3.63) is 0 Å². The van der Waals surface area contributed by atoms with E-state index in [1.54, 1.807) is 0 Å². The van der Waals surface area contributed by atoms with Crippen molar-refractivity contribution in [1.82, 2.24) is 0 Å². The van der Waals surface area contributed by atoms with Gasteiger partial charge in [0.25, 0.3) is 5.78 Å². The molecule has 3 heteroatoms. The molecule has 1 aliphatic heterocycles. The molecule has 0 amide bonds. The third kappa shape index (κ3) is 3.84. The van der Waals surface area contributed by atoms with E-state index in [4.69, 9.17) is 0 Å². The molecule has 0 bridgehead atoms. The lowest BCUT2D eigenvalue weighted by Gasteiger charge is -2.20. The predicted molar refractivity (Wildman–Crippen MR) is 76.8 cm³/mol. The van der Waals surface area contributed by atoms with Gasteiger partial charge >= 0.3 is 5.12 Å². The minimum absolute atomic E-state index is 0.000253. The van der Waals surface area contributed by atoms with Crippen LogP contribution in [-0.2, 0) is 20.5 Å². The van der Waals surface area contributed by atoms with Gasteiger partial charge in [0.2, 0.25) is 0 Å². The van der Waals surface area contributed by atoms with Crippen LogP contribution in [0.3, 0.4) is 0 Å². The second kappa shape index (κ2) is 7.32. The summed E-state index contributed by atoms with van der Waals surface area (Å²) in [5.41, 5.74) is 0. The first-order valence-electron chi connectivity index (χ1n) is 7.56. The molecule has 18 heavy (non-hydrogen) atoms. The van der Waals surface area contributed by atoms with Crippen LogP contribution in [0, 0.1) is 0 Å². The highest BCUT2D eigenvalue weighted by Gasteiger charge is 2.41. The first kappa shape index (κ1) is 14.1. The van der Waals surface area contributed by atoms with Crippen molar-refractivity contribution >= 4 is 21.8 Å². The van der Waals surface area contributed by atoms with Gasteiger partial charge in [-0.25, -0.2) is 4.79 Å². The van der Waals surface area contributed by atoms with Crippen molar-refractivity contribution in [2.75, 3.05) is 5.75 Å². The zero-order valence-corrected chi connectivity index (χ0v) is 12.1. The Labute approximate surface area is 113 Å². The Morgan fingerprint density at radius 1 is 0.778 bits per heavy atom. The molecule has 0 aromatic heterocycles. The summed E-state index contributed by atoms with van der Waals surface area (Å²) in [4.78, 5) is 24.1. The van der Waals surface area contributed by atoms with Crippen LogP contribution < -0.4 is 0 Å². The van der Waals surface area contributed by atoms with Crippen molar-refractivity contribution in [2.24, 2.45) is 0 Å². The first-order chi connectivity index (χ1) is 8.79. The lowest BCUT2D eigenvalue weighted by Crippen LogP contribution is -2.37. The second-order valence-electron chi connectivity index (χ2n) is 5.62. The van der Waals surface area contributed by atoms with Gasteiger partial charge in [-0.15, -0.1) is 0 Å². The molecule has 1 atom stereocenters. The Kier molecular flexibility index (Phi) is 5.74. The highest BCUT2D eigenvalue weighted by atomic mass is 32.2. The molecule has 2 fully saturated rings. The summed E-state index contributed by atoms with van der Waals surface area (Å²) >= 11 is 0.